The number of likely N-dealkylation sites (N-methyl/N-ethyl adjacent to an activating group) is 2. The van der Waals surface area contributed by atoms with Crippen LogP contribution in [0.3, 0.4) is 0 Å². The molecule has 2 nitrogen and oxygen atoms in total. The number of rotatable bonds is 3. The topological polar surface area (TPSA) is 15.3 Å². The Balaban J connectivity index is 2.36. The van der Waals surface area contributed by atoms with E-state index in [2.05, 4.69) is 49.2 Å². The molecule has 0 saturated heterocycles. The number of hydrogen-bond acceptors (Lipinski definition) is 2. The van der Waals surface area contributed by atoms with E-state index in [0.717, 1.165) is 6.54 Å². The summed E-state index contributed by atoms with van der Waals surface area (Å²) in [6.45, 7) is 7.83. The quantitative estimate of drug-likeness (QED) is 0.838. The van der Waals surface area contributed by atoms with Gasteiger partial charge in [0, 0.05) is 24.3 Å². The average molecular weight is 218 g/mol. The van der Waals surface area contributed by atoms with Crippen molar-refractivity contribution >= 4 is 5.69 Å². The maximum absolute atomic E-state index is 3.38. The van der Waals surface area contributed by atoms with Crippen LogP contribution >= 0.6 is 0 Å². The summed E-state index contributed by atoms with van der Waals surface area (Å²) in [5.41, 5.74) is 4.41. The zero-order valence-corrected chi connectivity index (χ0v) is 10.7. The molecule has 0 bridgehead atoms. The second-order valence-corrected chi connectivity index (χ2v) is 4.71. The molecule has 0 aliphatic carbocycles. The van der Waals surface area contributed by atoms with Crippen LogP contribution in [0.2, 0.25) is 0 Å². The highest BCUT2D eigenvalue weighted by molar-refractivity contribution is 5.62. The van der Waals surface area contributed by atoms with E-state index in [4.69, 9.17) is 0 Å². The number of benzene rings is 1. The second-order valence-electron chi connectivity index (χ2n) is 4.71. The highest BCUT2D eigenvalue weighted by atomic mass is 15.2. The molecule has 1 aromatic rings. The molecule has 2 rings (SSSR count). The van der Waals surface area contributed by atoms with Gasteiger partial charge in [-0.15, -0.1) is 0 Å². The Morgan fingerprint density at radius 2 is 2.25 bits per heavy atom. The van der Waals surface area contributed by atoms with E-state index < -0.39 is 0 Å². The Hall–Kier alpha value is -1.02. The first-order valence-corrected chi connectivity index (χ1v) is 6.21. The van der Waals surface area contributed by atoms with Crippen LogP contribution < -0.4 is 10.2 Å². The van der Waals surface area contributed by atoms with Crippen LogP contribution in [-0.2, 0) is 6.42 Å². The number of aryl methyl sites for hydroxylation is 1. The summed E-state index contributed by atoms with van der Waals surface area (Å²) >= 11 is 0. The first-order chi connectivity index (χ1) is 7.69. The Labute approximate surface area is 98.7 Å². The second kappa shape index (κ2) is 4.46. The van der Waals surface area contributed by atoms with Gasteiger partial charge in [-0.05, 0) is 51.4 Å². The predicted octanol–water partition coefficient (Wildman–Crippen LogP) is 2.35. The van der Waals surface area contributed by atoms with Crippen LogP contribution in [0.4, 0.5) is 5.69 Å². The van der Waals surface area contributed by atoms with Gasteiger partial charge in [0.2, 0.25) is 0 Å². The van der Waals surface area contributed by atoms with Gasteiger partial charge in [0.1, 0.15) is 0 Å². The lowest BCUT2D eigenvalue weighted by molar-refractivity contribution is 0.476. The monoisotopic (exact) mass is 218 g/mol. The third-order valence-corrected chi connectivity index (χ3v) is 3.88. The van der Waals surface area contributed by atoms with Crippen LogP contribution in [0.5, 0.6) is 0 Å². The summed E-state index contributed by atoms with van der Waals surface area (Å²) in [5.74, 6) is 0. The Kier molecular flexibility index (Phi) is 3.20. The minimum absolute atomic E-state index is 0.534. The molecule has 0 saturated carbocycles. The third-order valence-electron chi connectivity index (χ3n) is 3.88. The lowest BCUT2D eigenvalue weighted by atomic mass is 10.0. The molecule has 16 heavy (non-hydrogen) atoms. The van der Waals surface area contributed by atoms with E-state index in [1.807, 2.05) is 7.05 Å². The fraction of sp³-hybridized carbons (Fsp3) is 0.571. The van der Waals surface area contributed by atoms with Crippen LogP contribution in [0.15, 0.2) is 18.2 Å². The molecule has 1 aliphatic rings. The fourth-order valence-corrected chi connectivity index (χ4v) is 2.76. The van der Waals surface area contributed by atoms with Crippen LogP contribution in [0.25, 0.3) is 0 Å². The minimum Gasteiger partial charge on any atom is -0.367 e. The van der Waals surface area contributed by atoms with Crippen molar-refractivity contribution in [2.45, 2.75) is 39.3 Å². The predicted molar refractivity (Wildman–Crippen MR) is 70.2 cm³/mol. The molecule has 0 spiro atoms. The molecule has 88 valence electrons. The van der Waals surface area contributed by atoms with Crippen molar-refractivity contribution < 1.29 is 0 Å². The normalized spacial score (nSPS) is 21.0. The fourth-order valence-electron chi connectivity index (χ4n) is 2.76. The van der Waals surface area contributed by atoms with Crippen molar-refractivity contribution in [3.05, 3.63) is 29.3 Å². The lowest BCUT2D eigenvalue weighted by Crippen LogP contribution is -2.45. The Morgan fingerprint density at radius 1 is 1.50 bits per heavy atom. The summed E-state index contributed by atoms with van der Waals surface area (Å²) in [5, 5.41) is 3.38. The van der Waals surface area contributed by atoms with E-state index in [1.165, 1.54) is 23.2 Å². The summed E-state index contributed by atoms with van der Waals surface area (Å²) in [6, 6.07) is 7.79. The first-order valence-electron chi connectivity index (χ1n) is 6.21. The van der Waals surface area contributed by atoms with Gasteiger partial charge in [-0.3, -0.25) is 0 Å². The van der Waals surface area contributed by atoms with Crippen molar-refractivity contribution in [3.63, 3.8) is 0 Å². The molecule has 0 amide bonds. The molecular weight excluding hydrogens is 196 g/mol. The number of fused-ring (bicyclic) bond motifs is 1. The maximum Gasteiger partial charge on any atom is 0.0481 e. The SMILES string of the molecule is CCN1c2cccc(C)c2CC1C(C)NC. The van der Waals surface area contributed by atoms with Crippen molar-refractivity contribution in [3.8, 4) is 0 Å². The highest BCUT2D eigenvalue weighted by Crippen LogP contribution is 2.35. The smallest absolute Gasteiger partial charge is 0.0481 e. The summed E-state index contributed by atoms with van der Waals surface area (Å²) < 4.78 is 0. The van der Waals surface area contributed by atoms with Gasteiger partial charge < -0.3 is 10.2 Å². The van der Waals surface area contributed by atoms with Crippen molar-refractivity contribution in [1.29, 1.82) is 0 Å². The molecular formula is C14H22N2. The van der Waals surface area contributed by atoms with Gasteiger partial charge in [0.05, 0.1) is 0 Å². The summed E-state index contributed by atoms with van der Waals surface area (Å²) in [7, 11) is 2.05. The summed E-state index contributed by atoms with van der Waals surface area (Å²) in [4.78, 5) is 2.53. The molecule has 1 aromatic carbocycles. The zero-order chi connectivity index (χ0) is 11.7. The Bertz CT molecular complexity index is 373. The van der Waals surface area contributed by atoms with E-state index in [-0.39, 0.29) is 0 Å². The van der Waals surface area contributed by atoms with E-state index in [9.17, 15) is 0 Å². The van der Waals surface area contributed by atoms with Gasteiger partial charge >= 0.3 is 0 Å². The van der Waals surface area contributed by atoms with Crippen molar-refractivity contribution in [2.75, 3.05) is 18.5 Å². The number of hydrogen-bond donors (Lipinski definition) is 1. The lowest BCUT2D eigenvalue weighted by Gasteiger charge is -2.30. The molecule has 0 radical (unpaired) electrons. The van der Waals surface area contributed by atoms with E-state index in [1.54, 1.807) is 0 Å². The molecule has 0 aromatic heterocycles. The molecule has 2 atom stereocenters. The number of anilines is 1. The van der Waals surface area contributed by atoms with Gasteiger partial charge in [-0.2, -0.15) is 0 Å². The van der Waals surface area contributed by atoms with Crippen LogP contribution in [0, 0.1) is 6.92 Å². The standard InChI is InChI=1S/C14H22N2/c1-5-16-13-8-6-7-10(2)12(13)9-14(16)11(3)15-4/h6-8,11,14-15H,5,9H2,1-4H3. The Morgan fingerprint density at radius 3 is 2.88 bits per heavy atom. The van der Waals surface area contributed by atoms with E-state index in [0.29, 0.717) is 12.1 Å². The molecule has 0 fully saturated rings. The van der Waals surface area contributed by atoms with Crippen LogP contribution in [0.1, 0.15) is 25.0 Å². The van der Waals surface area contributed by atoms with Crippen molar-refractivity contribution in [1.82, 2.24) is 5.32 Å². The van der Waals surface area contributed by atoms with Gasteiger partial charge in [0.15, 0.2) is 0 Å². The summed E-state index contributed by atoms with van der Waals surface area (Å²) in [6.07, 6.45) is 1.18. The van der Waals surface area contributed by atoms with Gasteiger partial charge in [-0.1, -0.05) is 12.1 Å². The molecule has 1 N–H and O–H groups in total. The number of nitrogens with zero attached hydrogens (tertiary/aromatic N) is 1. The van der Waals surface area contributed by atoms with Crippen molar-refractivity contribution in [2.24, 2.45) is 0 Å². The molecule has 2 heteroatoms. The van der Waals surface area contributed by atoms with Gasteiger partial charge in [0.25, 0.3) is 0 Å². The van der Waals surface area contributed by atoms with E-state index >= 15 is 0 Å². The number of nitrogens with one attached hydrogen (secondary N) is 1. The zero-order valence-electron chi connectivity index (χ0n) is 10.7. The minimum atomic E-state index is 0.534. The molecule has 1 aliphatic heterocycles. The highest BCUT2D eigenvalue weighted by Gasteiger charge is 2.31. The molecule has 1 heterocycles. The average Bonchev–Trinajstić information content (AvgIpc) is 2.68. The largest absolute Gasteiger partial charge is 0.367 e. The van der Waals surface area contributed by atoms with Gasteiger partial charge in [-0.25, -0.2) is 0 Å². The van der Waals surface area contributed by atoms with Crippen LogP contribution in [-0.4, -0.2) is 25.7 Å². The molecule has 2 unspecified atom stereocenters. The maximum atomic E-state index is 3.38. The first kappa shape index (κ1) is 11.5. The third kappa shape index (κ3) is 1.71.